The predicted octanol–water partition coefficient (Wildman–Crippen LogP) is 2.01. The van der Waals surface area contributed by atoms with Gasteiger partial charge in [0, 0.05) is 18.7 Å². The number of ether oxygens (including phenoxy) is 1. The van der Waals surface area contributed by atoms with Crippen LogP contribution in [0.15, 0.2) is 24.8 Å². The molecule has 0 amide bonds. The van der Waals surface area contributed by atoms with E-state index in [1.165, 1.54) is 19.2 Å². The molecule has 0 saturated heterocycles. The van der Waals surface area contributed by atoms with E-state index >= 15 is 0 Å². The number of halogens is 1. The first kappa shape index (κ1) is 10.4. The third kappa shape index (κ3) is 2.16. The highest BCUT2D eigenvalue weighted by Gasteiger charge is 2.06. The maximum Gasteiger partial charge on any atom is 0.167 e. The average Bonchev–Trinajstić information content (AvgIpc) is 2.17. The Morgan fingerprint density at radius 1 is 1.64 bits per heavy atom. The number of nitrogens with two attached hydrogens (primary N) is 1. The SMILES string of the molecule is C=CCNc1cc(OC)c(F)cc1N. The molecule has 0 radical (unpaired) electrons. The molecular formula is C10H13FN2O. The summed E-state index contributed by atoms with van der Waals surface area (Å²) in [6, 6.07) is 2.75. The number of anilines is 2. The fourth-order valence-electron chi connectivity index (χ4n) is 1.06. The van der Waals surface area contributed by atoms with Gasteiger partial charge in [0.05, 0.1) is 18.5 Å². The second-order valence-corrected chi connectivity index (χ2v) is 2.74. The lowest BCUT2D eigenvalue weighted by Gasteiger charge is -2.10. The molecule has 0 aliphatic heterocycles. The molecule has 3 N–H and O–H groups in total. The Morgan fingerprint density at radius 3 is 2.93 bits per heavy atom. The molecule has 0 aliphatic rings. The maximum absolute atomic E-state index is 13.1. The van der Waals surface area contributed by atoms with Gasteiger partial charge in [0.2, 0.25) is 0 Å². The van der Waals surface area contributed by atoms with Gasteiger partial charge in [0.1, 0.15) is 0 Å². The zero-order valence-corrected chi connectivity index (χ0v) is 8.01. The van der Waals surface area contributed by atoms with Crippen molar-refractivity contribution in [3.8, 4) is 5.75 Å². The summed E-state index contributed by atoms with van der Waals surface area (Å²) in [6.45, 7) is 4.13. The lowest BCUT2D eigenvalue weighted by molar-refractivity contribution is 0.387. The van der Waals surface area contributed by atoms with E-state index in [1.54, 1.807) is 6.08 Å². The lowest BCUT2D eigenvalue weighted by Crippen LogP contribution is -2.03. The number of hydrogen-bond donors (Lipinski definition) is 2. The number of hydrogen-bond acceptors (Lipinski definition) is 3. The topological polar surface area (TPSA) is 47.3 Å². The Bertz CT molecular complexity index is 339. The van der Waals surface area contributed by atoms with Crippen LogP contribution in [-0.4, -0.2) is 13.7 Å². The highest BCUT2D eigenvalue weighted by Crippen LogP contribution is 2.27. The van der Waals surface area contributed by atoms with Gasteiger partial charge in [-0.3, -0.25) is 0 Å². The predicted molar refractivity (Wildman–Crippen MR) is 56.1 cm³/mol. The van der Waals surface area contributed by atoms with Crippen LogP contribution in [0.2, 0.25) is 0 Å². The fourth-order valence-corrected chi connectivity index (χ4v) is 1.06. The van der Waals surface area contributed by atoms with Crippen LogP contribution in [0.5, 0.6) is 5.75 Å². The smallest absolute Gasteiger partial charge is 0.167 e. The van der Waals surface area contributed by atoms with Crippen molar-refractivity contribution < 1.29 is 9.13 Å². The Labute approximate surface area is 82.4 Å². The number of nitrogens with one attached hydrogen (secondary N) is 1. The van der Waals surface area contributed by atoms with E-state index in [9.17, 15) is 4.39 Å². The standard InChI is InChI=1S/C10H13FN2O/c1-3-4-13-9-6-10(14-2)7(11)5-8(9)12/h3,5-6,13H,1,4,12H2,2H3. The number of rotatable bonds is 4. The molecule has 0 saturated carbocycles. The molecule has 1 rings (SSSR count). The second kappa shape index (κ2) is 4.50. The summed E-state index contributed by atoms with van der Waals surface area (Å²) in [6.07, 6.45) is 1.69. The molecule has 0 atom stereocenters. The van der Waals surface area contributed by atoms with Gasteiger partial charge >= 0.3 is 0 Å². The molecule has 0 bridgehead atoms. The van der Waals surface area contributed by atoms with E-state index < -0.39 is 5.82 Å². The Hall–Kier alpha value is -1.71. The third-order valence-corrected chi connectivity index (χ3v) is 1.76. The van der Waals surface area contributed by atoms with E-state index in [4.69, 9.17) is 10.5 Å². The summed E-state index contributed by atoms with van der Waals surface area (Å²) in [5, 5.41) is 2.97. The highest BCUT2D eigenvalue weighted by molar-refractivity contribution is 5.68. The molecule has 14 heavy (non-hydrogen) atoms. The second-order valence-electron chi connectivity index (χ2n) is 2.74. The average molecular weight is 196 g/mol. The molecule has 1 aromatic rings. The van der Waals surface area contributed by atoms with E-state index in [0.717, 1.165) is 0 Å². The van der Waals surface area contributed by atoms with Gasteiger partial charge < -0.3 is 15.8 Å². The summed E-state index contributed by atoms with van der Waals surface area (Å²) in [7, 11) is 1.41. The lowest BCUT2D eigenvalue weighted by atomic mass is 10.2. The Kier molecular flexibility index (Phi) is 3.34. The number of benzene rings is 1. The molecule has 0 fully saturated rings. The molecular weight excluding hydrogens is 183 g/mol. The first-order valence-electron chi connectivity index (χ1n) is 4.16. The Morgan fingerprint density at radius 2 is 2.36 bits per heavy atom. The van der Waals surface area contributed by atoms with Crippen LogP contribution >= 0.6 is 0 Å². The van der Waals surface area contributed by atoms with Crippen molar-refractivity contribution in [1.82, 2.24) is 0 Å². The van der Waals surface area contributed by atoms with E-state index in [2.05, 4.69) is 11.9 Å². The van der Waals surface area contributed by atoms with Crippen molar-refractivity contribution in [3.05, 3.63) is 30.6 Å². The summed E-state index contributed by atoms with van der Waals surface area (Å²) < 4.78 is 17.9. The molecule has 0 heterocycles. The minimum atomic E-state index is -0.464. The molecule has 1 aromatic carbocycles. The van der Waals surface area contributed by atoms with Gasteiger partial charge in [-0.15, -0.1) is 6.58 Å². The van der Waals surface area contributed by atoms with Crippen molar-refractivity contribution in [3.63, 3.8) is 0 Å². The van der Waals surface area contributed by atoms with E-state index in [-0.39, 0.29) is 5.75 Å². The van der Waals surface area contributed by atoms with Crippen LogP contribution in [0.1, 0.15) is 0 Å². The van der Waals surface area contributed by atoms with Crippen LogP contribution in [-0.2, 0) is 0 Å². The van der Waals surface area contributed by atoms with Crippen LogP contribution in [0.4, 0.5) is 15.8 Å². The van der Waals surface area contributed by atoms with Crippen molar-refractivity contribution in [1.29, 1.82) is 0 Å². The van der Waals surface area contributed by atoms with E-state index in [0.29, 0.717) is 17.9 Å². The Balaban J connectivity index is 2.98. The first-order valence-corrected chi connectivity index (χ1v) is 4.16. The van der Waals surface area contributed by atoms with Gasteiger partial charge in [-0.1, -0.05) is 6.08 Å². The van der Waals surface area contributed by atoms with Crippen LogP contribution in [0, 0.1) is 5.82 Å². The third-order valence-electron chi connectivity index (χ3n) is 1.76. The van der Waals surface area contributed by atoms with Gasteiger partial charge in [0.25, 0.3) is 0 Å². The first-order chi connectivity index (χ1) is 6.69. The van der Waals surface area contributed by atoms with E-state index in [1.807, 2.05) is 0 Å². The molecule has 4 heteroatoms. The van der Waals surface area contributed by atoms with Gasteiger partial charge in [-0.25, -0.2) is 4.39 Å². The molecule has 3 nitrogen and oxygen atoms in total. The largest absolute Gasteiger partial charge is 0.494 e. The summed E-state index contributed by atoms with van der Waals surface area (Å²) >= 11 is 0. The van der Waals surface area contributed by atoms with Crippen molar-refractivity contribution in [2.45, 2.75) is 0 Å². The maximum atomic E-state index is 13.1. The normalized spacial score (nSPS) is 9.57. The molecule has 0 unspecified atom stereocenters. The molecule has 0 spiro atoms. The van der Waals surface area contributed by atoms with Gasteiger partial charge in [0.15, 0.2) is 11.6 Å². The van der Waals surface area contributed by atoms with Gasteiger partial charge in [-0.2, -0.15) is 0 Å². The number of methoxy groups -OCH3 is 1. The van der Waals surface area contributed by atoms with Crippen molar-refractivity contribution in [2.75, 3.05) is 24.7 Å². The number of nitrogen functional groups attached to an aromatic ring is 1. The summed E-state index contributed by atoms with van der Waals surface area (Å²) in [4.78, 5) is 0. The van der Waals surface area contributed by atoms with Crippen LogP contribution < -0.4 is 15.8 Å². The minimum absolute atomic E-state index is 0.172. The van der Waals surface area contributed by atoms with Crippen LogP contribution in [0.3, 0.4) is 0 Å². The zero-order valence-electron chi connectivity index (χ0n) is 8.01. The molecule has 76 valence electrons. The zero-order chi connectivity index (χ0) is 10.6. The van der Waals surface area contributed by atoms with Crippen molar-refractivity contribution in [2.24, 2.45) is 0 Å². The van der Waals surface area contributed by atoms with Crippen LogP contribution in [0.25, 0.3) is 0 Å². The van der Waals surface area contributed by atoms with Crippen molar-refractivity contribution >= 4 is 11.4 Å². The fraction of sp³-hybridized carbons (Fsp3) is 0.200. The molecule has 0 aromatic heterocycles. The quantitative estimate of drug-likeness (QED) is 0.572. The summed E-state index contributed by atoms with van der Waals surface area (Å²) in [5.41, 5.74) is 6.59. The molecule has 0 aliphatic carbocycles. The van der Waals surface area contributed by atoms with Gasteiger partial charge in [-0.05, 0) is 0 Å². The minimum Gasteiger partial charge on any atom is -0.494 e. The highest BCUT2D eigenvalue weighted by atomic mass is 19.1. The summed E-state index contributed by atoms with van der Waals surface area (Å²) in [5.74, 6) is -0.292. The monoisotopic (exact) mass is 196 g/mol.